The molecule has 10 heteroatoms. The summed E-state index contributed by atoms with van der Waals surface area (Å²) in [6, 6.07) is 0. The fourth-order valence-electron chi connectivity index (χ4n) is 5.90. The lowest BCUT2D eigenvalue weighted by molar-refractivity contribution is -0.159. The summed E-state index contributed by atoms with van der Waals surface area (Å²) in [4.78, 5) is 34.7. The second-order valence-corrected chi connectivity index (χ2v) is 15.7. The summed E-state index contributed by atoms with van der Waals surface area (Å²) >= 11 is 0. The van der Waals surface area contributed by atoms with Crippen LogP contribution in [0.25, 0.3) is 0 Å². The molecule has 0 aromatic rings. The number of allylic oxidation sites excluding steroid dienone is 5. The van der Waals surface area contributed by atoms with Crippen molar-refractivity contribution in [3.63, 3.8) is 0 Å². The summed E-state index contributed by atoms with van der Waals surface area (Å²) in [5.74, 6) is -1.08. The van der Waals surface area contributed by atoms with E-state index >= 15 is 0 Å². The summed E-state index contributed by atoms with van der Waals surface area (Å²) < 4.78 is 32.6. The molecule has 0 aliphatic rings. The normalized spacial score (nSPS) is 13.7. The molecule has 53 heavy (non-hydrogen) atoms. The highest BCUT2D eigenvalue weighted by molar-refractivity contribution is 7.47. The van der Waals surface area contributed by atoms with Gasteiger partial charge in [-0.25, -0.2) is 9.36 Å². The van der Waals surface area contributed by atoms with E-state index in [0.717, 1.165) is 38.5 Å². The molecule has 0 aliphatic carbocycles. The van der Waals surface area contributed by atoms with Crippen molar-refractivity contribution in [3.8, 4) is 0 Å². The Labute approximate surface area is 324 Å². The van der Waals surface area contributed by atoms with Gasteiger partial charge in [-0.05, 0) is 44.9 Å². The third-order valence-electron chi connectivity index (χ3n) is 9.10. The first-order valence-electron chi connectivity index (χ1n) is 21.5. The first kappa shape index (κ1) is 51.2. The van der Waals surface area contributed by atoms with Gasteiger partial charge < -0.3 is 20.1 Å². The van der Waals surface area contributed by atoms with Gasteiger partial charge in [0.05, 0.1) is 13.2 Å². The molecule has 0 aromatic heterocycles. The third kappa shape index (κ3) is 39.7. The van der Waals surface area contributed by atoms with Crippen LogP contribution in [0.1, 0.15) is 194 Å². The highest BCUT2D eigenvalue weighted by Crippen LogP contribution is 2.43. The first-order chi connectivity index (χ1) is 25.8. The number of hydrogen-bond donors (Lipinski definition) is 2. The van der Waals surface area contributed by atoms with E-state index in [0.29, 0.717) is 6.42 Å². The van der Waals surface area contributed by atoms with E-state index in [2.05, 4.69) is 26.0 Å². The van der Waals surface area contributed by atoms with Gasteiger partial charge in [0, 0.05) is 19.0 Å². The SMILES string of the molecule is CCCCCCCC/C=C/CCCCCCCCCC(=O)O[C@H](COC(=O)/C=C/C=C/CCCCCCCCCCCCC)COP(=O)(O)OCCN. The number of carbonyl (C=O) groups excluding carboxylic acids is 2. The van der Waals surface area contributed by atoms with Gasteiger partial charge in [-0.15, -0.1) is 0 Å². The number of nitrogens with two attached hydrogens (primary N) is 1. The number of phosphoric acid groups is 1. The van der Waals surface area contributed by atoms with Gasteiger partial charge in [-0.1, -0.05) is 173 Å². The fourth-order valence-corrected chi connectivity index (χ4v) is 6.66. The van der Waals surface area contributed by atoms with Crippen molar-refractivity contribution >= 4 is 19.8 Å². The minimum atomic E-state index is -4.39. The Hall–Kier alpha value is -1.77. The summed E-state index contributed by atoms with van der Waals surface area (Å²) in [6.45, 7) is 3.60. The average Bonchev–Trinajstić information content (AvgIpc) is 3.14. The molecule has 0 saturated heterocycles. The van der Waals surface area contributed by atoms with E-state index in [9.17, 15) is 19.0 Å². The number of unbranched alkanes of at least 4 members (excludes halogenated alkanes) is 24. The molecule has 1 unspecified atom stereocenters. The zero-order valence-corrected chi connectivity index (χ0v) is 34.9. The number of esters is 2. The van der Waals surface area contributed by atoms with Gasteiger partial charge in [0.1, 0.15) is 6.61 Å². The van der Waals surface area contributed by atoms with E-state index < -0.39 is 32.5 Å². The van der Waals surface area contributed by atoms with E-state index in [1.165, 1.54) is 134 Å². The highest BCUT2D eigenvalue weighted by Gasteiger charge is 2.25. The fraction of sp³-hybridized carbons (Fsp3) is 0.814. The van der Waals surface area contributed by atoms with Crippen LogP contribution in [0.5, 0.6) is 0 Å². The predicted molar refractivity (Wildman–Crippen MR) is 220 cm³/mol. The molecule has 0 bridgehead atoms. The standard InChI is InChI=1S/C43H80NO8P/c1-3-5-7-9-11-13-15-17-19-20-22-24-26-28-30-32-34-36-43(46)52-41(40-51-53(47,48)50-38-37-44)39-49-42(45)35-33-31-29-27-25-23-21-18-16-14-12-10-8-6-4-2/h17,19,29,31,33,35,41H,3-16,18,20-28,30,32,34,36-40,44H2,1-2H3,(H,47,48)/b19-17+,31-29+,35-33+/t41-/m1/s1. The molecule has 9 nitrogen and oxygen atoms in total. The van der Waals surface area contributed by atoms with Crippen molar-refractivity contribution in [2.45, 2.75) is 200 Å². The Morgan fingerprint density at radius 1 is 0.604 bits per heavy atom. The Kier molecular flexibility index (Phi) is 38.6. The molecule has 0 saturated carbocycles. The summed E-state index contributed by atoms with van der Waals surface area (Å²) in [6.07, 6.45) is 43.7. The van der Waals surface area contributed by atoms with Crippen molar-refractivity contribution in [1.29, 1.82) is 0 Å². The monoisotopic (exact) mass is 770 g/mol. The van der Waals surface area contributed by atoms with Crippen LogP contribution in [0, 0.1) is 0 Å². The number of carbonyl (C=O) groups is 2. The van der Waals surface area contributed by atoms with Crippen LogP contribution in [0.2, 0.25) is 0 Å². The molecule has 0 radical (unpaired) electrons. The average molecular weight is 770 g/mol. The van der Waals surface area contributed by atoms with Gasteiger partial charge in [0.2, 0.25) is 0 Å². The molecule has 0 spiro atoms. The van der Waals surface area contributed by atoms with Gasteiger partial charge in [0.25, 0.3) is 0 Å². The lowest BCUT2D eigenvalue weighted by Crippen LogP contribution is -2.29. The number of ether oxygens (including phenoxy) is 2. The first-order valence-corrected chi connectivity index (χ1v) is 23.0. The van der Waals surface area contributed by atoms with E-state index in [-0.39, 0.29) is 26.2 Å². The van der Waals surface area contributed by atoms with Crippen molar-refractivity contribution in [2.75, 3.05) is 26.4 Å². The summed E-state index contributed by atoms with van der Waals surface area (Å²) in [5, 5.41) is 0. The second-order valence-electron chi connectivity index (χ2n) is 14.3. The molecule has 0 aliphatic heterocycles. The van der Waals surface area contributed by atoms with Gasteiger partial charge in [0.15, 0.2) is 6.10 Å². The number of phosphoric ester groups is 1. The molecule has 0 aromatic carbocycles. The van der Waals surface area contributed by atoms with Crippen molar-refractivity contribution < 1.29 is 37.6 Å². The molecule has 2 atom stereocenters. The number of hydrogen-bond acceptors (Lipinski definition) is 8. The Morgan fingerprint density at radius 3 is 1.55 bits per heavy atom. The lowest BCUT2D eigenvalue weighted by atomic mass is 10.1. The molecular weight excluding hydrogens is 689 g/mol. The Morgan fingerprint density at radius 2 is 1.06 bits per heavy atom. The Balaban J connectivity index is 4.25. The van der Waals surface area contributed by atoms with Gasteiger partial charge in [-0.3, -0.25) is 13.8 Å². The van der Waals surface area contributed by atoms with Crippen molar-refractivity contribution in [3.05, 3.63) is 36.5 Å². The van der Waals surface area contributed by atoms with Crippen LogP contribution in [-0.4, -0.2) is 49.3 Å². The van der Waals surface area contributed by atoms with Crippen LogP contribution in [-0.2, 0) is 32.7 Å². The minimum Gasteiger partial charge on any atom is -0.458 e. The zero-order chi connectivity index (χ0) is 38.9. The van der Waals surface area contributed by atoms with E-state index in [1.54, 1.807) is 6.08 Å². The zero-order valence-electron chi connectivity index (χ0n) is 34.0. The topological polar surface area (TPSA) is 134 Å². The van der Waals surface area contributed by atoms with Crippen LogP contribution in [0.3, 0.4) is 0 Å². The quantitative estimate of drug-likeness (QED) is 0.0156. The maximum atomic E-state index is 12.6. The second kappa shape index (κ2) is 39.9. The van der Waals surface area contributed by atoms with Crippen LogP contribution >= 0.6 is 7.82 Å². The van der Waals surface area contributed by atoms with Gasteiger partial charge in [-0.2, -0.15) is 0 Å². The van der Waals surface area contributed by atoms with E-state index in [1.807, 2.05) is 12.2 Å². The lowest BCUT2D eigenvalue weighted by Gasteiger charge is -2.19. The number of rotatable bonds is 40. The molecule has 3 N–H and O–H groups in total. The maximum absolute atomic E-state index is 12.6. The van der Waals surface area contributed by atoms with Crippen LogP contribution in [0.4, 0.5) is 0 Å². The smallest absolute Gasteiger partial charge is 0.458 e. The highest BCUT2D eigenvalue weighted by atomic mass is 31.2. The minimum absolute atomic E-state index is 0.0424. The van der Waals surface area contributed by atoms with Crippen LogP contribution in [0.15, 0.2) is 36.5 Å². The van der Waals surface area contributed by atoms with Crippen molar-refractivity contribution in [1.82, 2.24) is 0 Å². The largest absolute Gasteiger partial charge is 0.472 e. The van der Waals surface area contributed by atoms with Crippen molar-refractivity contribution in [2.24, 2.45) is 5.73 Å². The molecule has 0 fully saturated rings. The van der Waals surface area contributed by atoms with Crippen LogP contribution < -0.4 is 5.73 Å². The van der Waals surface area contributed by atoms with Gasteiger partial charge >= 0.3 is 19.8 Å². The third-order valence-corrected chi connectivity index (χ3v) is 10.1. The molecule has 310 valence electrons. The van der Waals surface area contributed by atoms with E-state index in [4.69, 9.17) is 24.3 Å². The Bertz CT molecular complexity index is 970. The molecule has 0 heterocycles. The molecule has 0 amide bonds. The summed E-state index contributed by atoms with van der Waals surface area (Å²) in [5.41, 5.74) is 5.34. The maximum Gasteiger partial charge on any atom is 0.472 e. The summed E-state index contributed by atoms with van der Waals surface area (Å²) in [7, 11) is -4.39. The molecular formula is C43H80NO8P. The predicted octanol–water partition coefficient (Wildman–Crippen LogP) is 12.2. The molecule has 0 rings (SSSR count).